The first-order chi connectivity index (χ1) is 12.6. The van der Waals surface area contributed by atoms with Crippen LogP contribution in [0, 0.1) is 11.3 Å². The first-order valence-electron chi connectivity index (χ1n) is 8.00. The molecule has 134 valence electrons. The van der Waals surface area contributed by atoms with Gasteiger partial charge in [0.1, 0.15) is 17.4 Å². The van der Waals surface area contributed by atoms with Crippen LogP contribution in [0.4, 0.5) is 5.69 Å². The van der Waals surface area contributed by atoms with Gasteiger partial charge in [0.05, 0.1) is 20.8 Å². The highest BCUT2D eigenvalue weighted by molar-refractivity contribution is 6.09. The maximum Gasteiger partial charge on any atom is 0.266 e. The Balaban J connectivity index is 2.26. The van der Waals surface area contributed by atoms with Crippen molar-refractivity contribution in [2.45, 2.75) is 6.92 Å². The summed E-state index contributed by atoms with van der Waals surface area (Å²) in [4.78, 5) is 12.5. The van der Waals surface area contributed by atoms with Gasteiger partial charge in [0.25, 0.3) is 5.91 Å². The first kappa shape index (κ1) is 18.9. The quantitative estimate of drug-likeness (QED) is 0.608. The number of para-hydroxylation sites is 1. The third-order valence-electron chi connectivity index (χ3n) is 3.53. The van der Waals surface area contributed by atoms with Crippen LogP contribution in [0.2, 0.25) is 0 Å². The summed E-state index contributed by atoms with van der Waals surface area (Å²) in [7, 11) is 3.04. The summed E-state index contributed by atoms with van der Waals surface area (Å²) in [5, 5.41) is 12.1. The topological polar surface area (TPSA) is 80.6 Å². The molecule has 2 aromatic rings. The van der Waals surface area contributed by atoms with Crippen molar-refractivity contribution >= 4 is 17.7 Å². The third kappa shape index (κ3) is 4.54. The van der Waals surface area contributed by atoms with E-state index in [1.54, 1.807) is 30.3 Å². The highest BCUT2D eigenvalue weighted by Crippen LogP contribution is 2.30. The Hall–Kier alpha value is -3.46. The van der Waals surface area contributed by atoms with Gasteiger partial charge in [0.15, 0.2) is 11.5 Å². The molecule has 2 aromatic carbocycles. The Morgan fingerprint density at radius 1 is 1.12 bits per heavy atom. The van der Waals surface area contributed by atoms with Crippen LogP contribution in [0.1, 0.15) is 12.5 Å². The summed E-state index contributed by atoms with van der Waals surface area (Å²) in [6, 6.07) is 14.1. The first-order valence-corrected chi connectivity index (χ1v) is 8.00. The summed E-state index contributed by atoms with van der Waals surface area (Å²) in [5.41, 5.74) is 1.12. The number of anilines is 1. The lowest BCUT2D eigenvalue weighted by atomic mass is 10.1. The number of hydrogen-bond acceptors (Lipinski definition) is 5. The average Bonchev–Trinajstić information content (AvgIpc) is 2.67. The molecule has 0 atom stereocenters. The van der Waals surface area contributed by atoms with Crippen molar-refractivity contribution in [1.82, 2.24) is 0 Å². The predicted molar refractivity (Wildman–Crippen MR) is 99.4 cm³/mol. The van der Waals surface area contributed by atoms with Gasteiger partial charge < -0.3 is 19.5 Å². The van der Waals surface area contributed by atoms with Crippen molar-refractivity contribution in [3.63, 3.8) is 0 Å². The normalized spacial score (nSPS) is 10.6. The number of nitrogens with one attached hydrogen (secondary N) is 1. The highest BCUT2D eigenvalue weighted by Gasteiger charge is 2.13. The van der Waals surface area contributed by atoms with E-state index in [1.165, 1.54) is 20.3 Å². The van der Waals surface area contributed by atoms with Gasteiger partial charge in [0.2, 0.25) is 0 Å². The second-order valence-corrected chi connectivity index (χ2v) is 5.16. The Bertz CT molecular complexity index is 853. The van der Waals surface area contributed by atoms with E-state index >= 15 is 0 Å². The van der Waals surface area contributed by atoms with E-state index in [2.05, 4.69) is 5.32 Å². The number of hydrogen-bond donors (Lipinski definition) is 1. The molecule has 0 aliphatic rings. The zero-order valence-corrected chi connectivity index (χ0v) is 14.9. The Labute approximate surface area is 152 Å². The molecule has 0 saturated carbocycles. The number of nitriles is 1. The lowest BCUT2D eigenvalue weighted by molar-refractivity contribution is -0.112. The van der Waals surface area contributed by atoms with Crippen LogP contribution in [-0.2, 0) is 4.79 Å². The minimum Gasteiger partial charge on any atom is -0.493 e. The van der Waals surface area contributed by atoms with E-state index in [-0.39, 0.29) is 5.57 Å². The van der Waals surface area contributed by atoms with Crippen LogP contribution < -0.4 is 19.5 Å². The molecule has 0 fully saturated rings. The molecule has 1 N–H and O–H groups in total. The van der Waals surface area contributed by atoms with Gasteiger partial charge in [-0.3, -0.25) is 4.79 Å². The van der Waals surface area contributed by atoms with Crippen LogP contribution in [0.25, 0.3) is 6.08 Å². The van der Waals surface area contributed by atoms with Crippen molar-refractivity contribution < 1.29 is 19.0 Å². The standard InChI is InChI=1S/C20H20N2O4/c1-4-26-17-8-6-5-7-14(17)11-15(13-21)20(23)22-16-9-10-18(24-2)19(12-16)25-3/h5-12H,4H2,1-3H3,(H,22,23)/b15-11+. The summed E-state index contributed by atoms with van der Waals surface area (Å²) in [6.45, 7) is 2.36. The number of rotatable bonds is 7. The maximum atomic E-state index is 12.5. The van der Waals surface area contributed by atoms with Gasteiger partial charge >= 0.3 is 0 Å². The lowest BCUT2D eigenvalue weighted by Gasteiger charge is -2.10. The molecular formula is C20H20N2O4. The van der Waals surface area contributed by atoms with Crippen molar-refractivity contribution in [3.8, 4) is 23.3 Å². The van der Waals surface area contributed by atoms with Crippen LogP contribution >= 0.6 is 0 Å². The summed E-state index contributed by atoms with van der Waals surface area (Å²) < 4.78 is 15.9. The highest BCUT2D eigenvalue weighted by atomic mass is 16.5. The molecule has 0 aromatic heterocycles. The van der Waals surface area contributed by atoms with E-state index in [0.717, 1.165) is 0 Å². The monoisotopic (exact) mass is 352 g/mol. The van der Waals surface area contributed by atoms with Gasteiger partial charge in [-0.25, -0.2) is 0 Å². The fourth-order valence-corrected chi connectivity index (χ4v) is 2.30. The summed E-state index contributed by atoms with van der Waals surface area (Å²) in [5.74, 6) is 1.12. The zero-order valence-electron chi connectivity index (χ0n) is 14.9. The number of nitrogens with zero attached hydrogens (tertiary/aromatic N) is 1. The molecule has 6 nitrogen and oxygen atoms in total. The van der Waals surface area contributed by atoms with Crippen molar-refractivity contribution in [2.24, 2.45) is 0 Å². The van der Waals surface area contributed by atoms with Crippen LogP contribution in [0.5, 0.6) is 17.2 Å². The van der Waals surface area contributed by atoms with E-state index in [1.807, 2.05) is 25.1 Å². The summed E-state index contributed by atoms with van der Waals surface area (Å²) >= 11 is 0. The maximum absolute atomic E-state index is 12.5. The average molecular weight is 352 g/mol. The fraction of sp³-hybridized carbons (Fsp3) is 0.200. The number of carbonyl (C=O) groups excluding carboxylic acids is 1. The van der Waals surface area contributed by atoms with Gasteiger partial charge in [-0.1, -0.05) is 18.2 Å². The van der Waals surface area contributed by atoms with Crippen LogP contribution in [0.15, 0.2) is 48.0 Å². The molecule has 0 unspecified atom stereocenters. The number of amides is 1. The van der Waals surface area contributed by atoms with Gasteiger partial charge in [-0.15, -0.1) is 0 Å². The van der Waals surface area contributed by atoms with E-state index in [0.29, 0.717) is 35.1 Å². The number of ether oxygens (including phenoxy) is 3. The number of benzene rings is 2. The van der Waals surface area contributed by atoms with Crippen molar-refractivity contribution in [1.29, 1.82) is 5.26 Å². The molecule has 6 heteroatoms. The van der Waals surface area contributed by atoms with Crippen molar-refractivity contribution in [3.05, 3.63) is 53.6 Å². The molecule has 0 radical (unpaired) electrons. The molecule has 0 bridgehead atoms. The molecule has 0 saturated heterocycles. The van der Waals surface area contributed by atoms with Gasteiger partial charge in [0, 0.05) is 17.3 Å². The third-order valence-corrected chi connectivity index (χ3v) is 3.53. The largest absolute Gasteiger partial charge is 0.493 e. The molecular weight excluding hydrogens is 332 g/mol. The van der Waals surface area contributed by atoms with E-state index in [4.69, 9.17) is 14.2 Å². The van der Waals surface area contributed by atoms with E-state index in [9.17, 15) is 10.1 Å². The predicted octanol–water partition coefficient (Wildman–Crippen LogP) is 3.65. The van der Waals surface area contributed by atoms with Crippen LogP contribution in [0.3, 0.4) is 0 Å². The van der Waals surface area contributed by atoms with Gasteiger partial charge in [-0.2, -0.15) is 5.26 Å². The minimum absolute atomic E-state index is 0.0352. The summed E-state index contributed by atoms with van der Waals surface area (Å²) in [6.07, 6.45) is 1.50. The van der Waals surface area contributed by atoms with Gasteiger partial charge in [-0.05, 0) is 31.2 Å². The lowest BCUT2D eigenvalue weighted by Crippen LogP contribution is -2.13. The molecule has 26 heavy (non-hydrogen) atoms. The zero-order chi connectivity index (χ0) is 18.9. The molecule has 0 spiro atoms. The van der Waals surface area contributed by atoms with Crippen LogP contribution in [-0.4, -0.2) is 26.7 Å². The second-order valence-electron chi connectivity index (χ2n) is 5.16. The number of methoxy groups -OCH3 is 2. The number of carbonyl (C=O) groups is 1. The molecule has 0 heterocycles. The molecule has 1 amide bonds. The van der Waals surface area contributed by atoms with Crippen molar-refractivity contribution in [2.75, 3.05) is 26.1 Å². The molecule has 0 aliphatic heterocycles. The SMILES string of the molecule is CCOc1ccccc1/C=C(\C#N)C(=O)Nc1ccc(OC)c(OC)c1. The Kier molecular flexibility index (Phi) is 6.63. The minimum atomic E-state index is -0.522. The fourth-order valence-electron chi connectivity index (χ4n) is 2.30. The Morgan fingerprint density at radius 3 is 2.50 bits per heavy atom. The second kappa shape index (κ2) is 9.14. The molecule has 0 aliphatic carbocycles. The molecule has 2 rings (SSSR count). The smallest absolute Gasteiger partial charge is 0.266 e. The van der Waals surface area contributed by atoms with E-state index < -0.39 is 5.91 Å². The Morgan fingerprint density at radius 2 is 1.85 bits per heavy atom.